The van der Waals surface area contributed by atoms with E-state index in [9.17, 15) is 0 Å². The van der Waals surface area contributed by atoms with Crippen molar-refractivity contribution in [2.75, 3.05) is 0 Å². The van der Waals surface area contributed by atoms with E-state index in [2.05, 4.69) is 24.3 Å². The maximum atomic E-state index is 6.24. The molecule has 1 heterocycles. The van der Waals surface area contributed by atoms with Crippen LogP contribution in [0.25, 0.3) is 0 Å². The van der Waals surface area contributed by atoms with E-state index in [4.69, 9.17) is 21.8 Å². The first-order valence-corrected chi connectivity index (χ1v) is 7.20. The first-order chi connectivity index (χ1) is 9.24. The summed E-state index contributed by atoms with van der Waals surface area (Å²) in [6, 6.07) is 12.3. The van der Waals surface area contributed by atoms with Gasteiger partial charge >= 0.3 is 0 Å². The Hall–Kier alpha value is -1.25. The lowest BCUT2D eigenvalue weighted by Crippen LogP contribution is -2.17. The van der Waals surface area contributed by atoms with Crippen LogP contribution in [0.3, 0.4) is 0 Å². The molecule has 2 nitrogen and oxygen atoms in total. The Morgan fingerprint density at radius 3 is 2.89 bits per heavy atom. The van der Waals surface area contributed by atoms with Gasteiger partial charge in [0.25, 0.3) is 0 Å². The number of benzene rings is 1. The van der Waals surface area contributed by atoms with Gasteiger partial charge < -0.3 is 10.2 Å². The maximum Gasteiger partial charge on any atom is 0.193 e. The fraction of sp³-hybridized carbons (Fsp3) is 0.375. The fourth-order valence-electron chi connectivity index (χ4n) is 3.05. The molecule has 2 N–H and O–H groups in total. The monoisotopic (exact) mass is 275 g/mol. The minimum atomic E-state index is -0.0799. The molecule has 0 spiro atoms. The molecule has 0 aliphatic heterocycles. The molecule has 0 amide bonds. The molecule has 0 radical (unpaired) electrons. The van der Waals surface area contributed by atoms with Crippen LogP contribution in [-0.2, 0) is 6.42 Å². The molecular formula is C16H18ClNO. The highest BCUT2D eigenvalue weighted by Crippen LogP contribution is 2.37. The van der Waals surface area contributed by atoms with Gasteiger partial charge in [-0.3, -0.25) is 0 Å². The Morgan fingerprint density at radius 1 is 1.26 bits per heavy atom. The number of hydrogen-bond donors (Lipinski definition) is 1. The summed E-state index contributed by atoms with van der Waals surface area (Å²) in [5.41, 5.74) is 9.18. The molecule has 2 unspecified atom stereocenters. The highest BCUT2D eigenvalue weighted by atomic mass is 35.5. The lowest BCUT2D eigenvalue weighted by atomic mass is 9.79. The topological polar surface area (TPSA) is 39.2 Å². The van der Waals surface area contributed by atoms with Crippen molar-refractivity contribution in [1.82, 2.24) is 0 Å². The van der Waals surface area contributed by atoms with Gasteiger partial charge in [-0.25, -0.2) is 0 Å². The first-order valence-electron chi connectivity index (χ1n) is 6.82. The Morgan fingerprint density at radius 2 is 2.11 bits per heavy atom. The van der Waals surface area contributed by atoms with Crippen LogP contribution in [0.4, 0.5) is 0 Å². The third-order valence-electron chi connectivity index (χ3n) is 3.99. The van der Waals surface area contributed by atoms with Crippen molar-refractivity contribution in [3.8, 4) is 0 Å². The predicted octanol–water partition coefficient (Wildman–Crippen LogP) is 4.44. The second-order valence-electron chi connectivity index (χ2n) is 5.27. The number of nitrogens with two attached hydrogens (primary N) is 1. The van der Waals surface area contributed by atoms with E-state index in [0.29, 0.717) is 11.1 Å². The quantitative estimate of drug-likeness (QED) is 0.899. The van der Waals surface area contributed by atoms with Gasteiger partial charge in [-0.2, -0.15) is 0 Å². The van der Waals surface area contributed by atoms with Gasteiger partial charge in [0.05, 0.1) is 6.04 Å². The molecule has 1 aliphatic carbocycles. The van der Waals surface area contributed by atoms with Crippen molar-refractivity contribution < 1.29 is 4.42 Å². The summed E-state index contributed by atoms with van der Waals surface area (Å²) >= 11 is 5.81. The molecular weight excluding hydrogens is 258 g/mol. The van der Waals surface area contributed by atoms with Crippen LogP contribution >= 0.6 is 11.6 Å². The van der Waals surface area contributed by atoms with Gasteiger partial charge in [0, 0.05) is 0 Å². The van der Waals surface area contributed by atoms with Gasteiger partial charge in [-0.05, 0) is 66.5 Å². The van der Waals surface area contributed by atoms with E-state index in [1.54, 1.807) is 6.07 Å². The van der Waals surface area contributed by atoms with E-state index in [0.717, 1.165) is 12.2 Å². The second-order valence-corrected chi connectivity index (χ2v) is 5.64. The molecule has 1 aliphatic rings. The smallest absolute Gasteiger partial charge is 0.193 e. The number of hydrogen-bond acceptors (Lipinski definition) is 2. The Bertz CT molecular complexity index is 563. The van der Waals surface area contributed by atoms with Crippen LogP contribution < -0.4 is 5.73 Å². The zero-order valence-electron chi connectivity index (χ0n) is 10.8. The Labute approximate surface area is 118 Å². The van der Waals surface area contributed by atoms with E-state index < -0.39 is 0 Å². The van der Waals surface area contributed by atoms with Crippen molar-refractivity contribution >= 4 is 11.6 Å². The summed E-state index contributed by atoms with van der Waals surface area (Å²) in [5.74, 6) is 1.32. The lowest BCUT2D eigenvalue weighted by molar-refractivity contribution is 0.410. The third-order valence-corrected chi connectivity index (χ3v) is 4.19. The number of rotatable bonds is 3. The van der Waals surface area contributed by atoms with Crippen molar-refractivity contribution in [3.05, 3.63) is 58.5 Å². The molecule has 0 saturated heterocycles. The summed E-state index contributed by atoms with van der Waals surface area (Å²) in [5, 5.41) is 0.412. The van der Waals surface area contributed by atoms with Crippen LogP contribution in [0.5, 0.6) is 0 Å². The summed E-state index contributed by atoms with van der Waals surface area (Å²) in [4.78, 5) is 0. The minimum Gasteiger partial charge on any atom is -0.448 e. The van der Waals surface area contributed by atoms with Gasteiger partial charge in [0.2, 0.25) is 0 Å². The normalized spacial score (nSPS) is 20.0. The summed E-state index contributed by atoms with van der Waals surface area (Å²) in [7, 11) is 0. The molecule has 0 saturated carbocycles. The van der Waals surface area contributed by atoms with Crippen molar-refractivity contribution in [3.63, 3.8) is 0 Å². The van der Waals surface area contributed by atoms with Crippen LogP contribution in [0.2, 0.25) is 5.22 Å². The molecule has 1 aromatic heterocycles. The average Bonchev–Trinajstić information content (AvgIpc) is 2.86. The molecule has 3 rings (SSSR count). The lowest BCUT2D eigenvalue weighted by Gasteiger charge is -2.27. The number of halogens is 1. The highest BCUT2D eigenvalue weighted by Gasteiger charge is 2.23. The standard InChI is InChI=1S/C16H18ClNO/c17-16-9-8-15(19-16)14(18)10-12-6-3-5-11-4-1-2-7-13(11)12/h1-2,4,7-9,12,14H,3,5-6,10,18H2. The highest BCUT2D eigenvalue weighted by molar-refractivity contribution is 6.28. The van der Waals surface area contributed by atoms with E-state index in [-0.39, 0.29) is 6.04 Å². The third kappa shape index (κ3) is 2.70. The summed E-state index contributed by atoms with van der Waals surface area (Å²) in [6.45, 7) is 0. The van der Waals surface area contributed by atoms with Gasteiger partial charge in [-0.1, -0.05) is 24.3 Å². The molecule has 2 atom stereocenters. The first kappa shape index (κ1) is 12.8. The molecule has 2 aromatic rings. The maximum absolute atomic E-state index is 6.24. The van der Waals surface area contributed by atoms with Crippen LogP contribution in [0.1, 0.15) is 48.1 Å². The molecule has 3 heteroatoms. The Kier molecular flexibility index (Phi) is 3.63. The minimum absolute atomic E-state index is 0.0799. The predicted molar refractivity (Wildman–Crippen MR) is 77.4 cm³/mol. The van der Waals surface area contributed by atoms with Crippen molar-refractivity contribution in [2.24, 2.45) is 5.73 Å². The van der Waals surface area contributed by atoms with E-state index in [1.165, 1.54) is 30.4 Å². The zero-order valence-corrected chi connectivity index (χ0v) is 11.6. The zero-order chi connectivity index (χ0) is 13.2. The molecule has 100 valence electrons. The van der Waals surface area contributed by atoms with Crippen molar-refractivity contribution in [1.29, 1.82) is 0 Å². The second kappa shape index (κ2) is 5.40. The number of furan rings is 1. The van der Waals surface area contributed by atoms with Crippen molar-refractivity contribution in [2.45, 2.75) is 37.6 Å². The van der Waals surface area contributed by atoms with Gasteiger partial charge in [0.1, 0.15) is 5.76 Å². The van der Waals surface area contributed by atoms with E-state index >= 15 is 0 Å². The SMILES string of the molecule is NC(CC1CCCc2ccccc21)c1ccc(Cl)o1. The van der Waals surface area contributed by atoms with Gasteiger partial charge in [-0.15, -0.1) is 0 Å². The molecule has 1 aromatic carbocycles. The molecule has 0 bridgehead atoms. The van der Waals surface area contributed by atoms with E-state index in [1.807, 2.05) is 6.07 Å². The van der Waals surface area contributed by atoms with Crippen LogP contribution in [0.15, 0.2) is 40.8 Å². The summed E-state index contributed by atoms with van der Waals surface area (Å²) in [6.07, 6.45) is 4.56. The number of fused-ring (bicyclic) bond motifs is 1. The molecule has 0 fully saturated rings. The molecule has 19 heavy (non-hydrogen) atoms. The van der Waals surface area contributed by atoms with Gasteiger partial charge in [0.15, 0.2) is 5.22 Å². The average molecular weight is 276 g/mol. The van der Waals surface area contributed by atoms with Crippen LogP contribution in [-0.4, -0.2) is 0 Å². The Balaban J connectivity index is 1.77. The fourth-order valence-corrected chi connectivity index (χ4v) is 3.20. The number of aryl methyl sites for hydroxylation is 1. The largest absolute Gasteiger partial charge is 0.448 e. The summed E-state index contributed by atoms with van der Waals surface area (Å²) < 4.78 is 5.42. The van der Waals surface area contributed by atoms with Crippen LogP contribution in [0, 0.1) is 0 Å².